The van der Waals surface area contributed by atoms with Crippen molar-refractivity contribution in [1.29, 1.82) is 0 Å². The molecule has 1 N–H and O–H groups in total. The lowest BCUT2D eigenvalue weighted by Crippen LogP contribution is -2.43. The van der Waals surface area contributed by atoms with Gasteiger partial charge in [0.05, 0.1) is 24.0 Å². The molecule has 0 aliphatic heterocycles. The molecule has 154 valence electrons. The van der Waals surface area contributed by atoms with Crippen molar-refractivity contribution >= 4 is 11.7 Å². The monoisotopic (exact) mass is 415 g/mol. The van der Waals surface area contributed by atoms with E-state index in [4.69, 9.17) is 0 Å². The summed E-state index contributed by atoms with van der Waals surface area (Å²) < 4.78 is 15.6. The van der Waals surface area contributed by atoms with Gasteiger partial charge in [0, 0.05) is 30.4 Å². The van der Waals surface area contributed by atoms with Gasteiger partial charge in [-0.15, -0.1) is 0 Å². The van der Waals surface area contributed by atoms with Gasteiger partial charge in [-0.3, -0.25) is 9.59 Å². The highest BCUT2D eigenvalue weighted by atomic mass is 19.1. The van der Waals surface area contributed by atoms with Crippen molar-refractivity contribution in [3.05, 3.63) is 103 Å². The minimum Gasteiger partial charge on any atom is -0.340 e. The van der Waals surface area contributed by atoms with Crippen LogP contribution in [0.2, 0.25) is 0 Å². The Bertz CT molecular complexity index is 1180. The number of benzene rings is 2. The fraction of sp³-hybridized carbons (Fsp3) is 0.0870. The van der Waals surface area contributed by atoms with Crippen LogP contribution in [0.3, 0.4) is 0 Å². The summed E-state index contributed by atoms with van der Waals surface area (Å²) in [5.41, 5.74) is 0.891. The first kappa shape index (κ1) is 20.1. The number of ketones is 1. The maximum absolute atomic E-state index is 13.9. The standard InChI is InChI=1S/C23H18FN5O2/c24-19-9-5-4-8-18(19)22-26-12-17(13-27-22)23(31)28-20(14-29-11-10-25-15-29)21(30)16-6-2-1-3-7-16/h1-13,15,20H,14H2,(H,28,31). The number of hydrogen-bond donors (Lipinski definition) is 1. The second kappa shape index (κ2) is 9.08. The van der Waals surface area contributed by atoms with Crippen molar-refractivity contribution in [2.75, 3.05) is 0 Å². The number of carbonyl (C=O) groups is 2. The quantitative estimate of drug-likeness (QED) is 0.469. The van der Waals surface area contributed by atoms with Gasteiger partial charge in [-0.05, 0) is 12.1 Å². The largest absolute Gasteiger partial charge is 0.340 e. The number of nitrogens with zero attached hydrogens (tertiary/aromatic N) is 4. The van der Waals surface area contributed by atoms with Gasteiger partial charge in [-0.25, -0.2) is 19.3 Å². The summed E-state index contributed by atoms with van der Waals surface area (Å²) in [7, 11) is 0. The Kier molecular flexibility index (Phi) is 5.89. The van der Waals surface area contributed by atoms with E-state index in [-0.39, 0.29) is 29.3 Å². The van der Waals surface area contributed by atoms with Gasteiger partial charge in [0.2, 0.25) is 0 Å². The number of imidazole rings is 1. The highest BCUT2D eigenvalue weighted by Gasteiger charge is 2.23. The molecule has 0 saturated heterocycles. The van der Waals surface area contributed by atoms with Crippen LogP contribution in [0.25, 0.3) is 11.4 Å². The average Bonchev–Trinajstić information content (AvgIpc) is 3.32. The third-order valence-electron chi connectivity index (χ3n) is 4.66. The smallest absolute Gasteiger partial charge is 0.255 e. The molecule has 0 radical (unpaired) electrons. The number of carbonyl (C=O) groups excluding carboxylic acids is 2. The Labute approximate surface area is 177 Å². The minimum absolute atomic E-state index is 0.164. The van der Waals surface area contributed by atoms with Gasteiger partial charge in [-0.2, -0.15) is 0 Å². The van der Waals surface area contributed by atoms with E-state index in [2.05, 4.69) is 20.3 Å². The first-order valence-electron chi connectivity index (χ1n) is 9.54. The van der Waals surface area contributed by atoms with Crippen LogP contribution >= 0.6 is 0 Å². The van der Waals surface area contributed by atoms with Crippen molar-refractivity contribution in [2.24, 2.45) is 0 Å². The molecule has 1 amide bonds. The normalized spacial score (nSPS) is 11.6. The zero-order valence-electron chi connectivity index (χ0n) is 16.4. The van der Waals surface area contributed by atoms with Gasteiger partial charge >= 0.3 is 0 Å². The predicted molar refractivity (Wildman–Crippen MR) is 112 cm³/mol. The van der Waals surface area contributed by atoms with E-state index in [1.807, 2.05) is 6.07 Å². The van der Waals surface area contributed by atoms with E-state index in [1.165, 1.54) is 18.5 Å². The SMILES string of the molecule is O=C(NC(Cn1ccnc1)C(=O)c1ccccc1)c1cnc(-c2ccccc2F)nc1. The third kappa shape index (κ3) is 4.69. The van der Waals surface area contributed by atoms with Gasteiger partial charge in [0.1, 0.15) is 11.9 Å². The van der Waals surface area contributed by atoms with E-state index in [1.54, 1.807) is 65.8 Å². The highest BCUT2D eigenvalue weighted by molar-refractivity contribution is 6.04. The highest BCUT2D eigenvalue weighted by Crippen LogP contribution is 2.18. The zero-order chi connectivity index (χ0) is 21.6. The fourth-order valence-electron chi connectivity index (χ4n) is 3.07. The summed E-state index contributed by atoms with van der Waals surface area (Å²) >= 11 is 0. The van der Waals surface area contributed by atoms with Crippen molar-refractivity contribution in [3.8, 4) is 11.4 Å². The lowest BCUT2D eigenvalue weighted by atomic mass is 10.0. The van der Waals surface area contributed by atoms with Crippen LogP contribution in [0.15, 0.2) is 85.7 Å². The van der Waals surface area contributed by atoms with Crippen LogP contribution in [0.1, 0.15) is 20.7 Å². The number of halogens is 1. The summed E-state index contributed by atoms with van der Waals surface area (Å²) in [5.74, 6) is -1.01. The van der Waals surface area contributed by atoms with E-state index in [9.17, 15) is 14.0 Å². The molecule has 0 spiro atoms. The van der Waals surface area contributed by atoms with Crippen molar-refractivity contribution in [3.63, 3.8) is 0 Å². The number of rotatable bonds is 7. The molecule has 4 aromatic rings. The van der Waals surface area contributed by atoms with Crippen LogP contribution in [0.5, 0.6) is 0 Å². The fourth-order valence-corrected chi connectivity index (χ4v) is 3.07. The molecule has 0 saturated carbocycles. The maximum atomic E-state index is 13.9. The van der Waals surface area contributed by atoms with Crippen molar-refractivity contribution < 1.29 is 14.0 Å². The molecule has 8 heteroatoms. The zero-order valence-corrected chi connectivity index (χ0v) is 16.4. The third-order valence-corrected chi connectivity index (χ3v) is 4.66. The Morgan fingerprint density at radius 2 is 1.68 bits per heavy atom. The van der Waals surface area contributed by atoms with E-state index in [0.29, 0.717) is 5.56 Å². The number of Topliss-reactive ketones (excluding diaryl/α,β-unsaturated/α-hetero) is 1. The Morgan fingerprint density at radius 1 is 0.968 bits per heavy atom. The Hall–Kier alpha value is -4.20. The van der Waals surface area contributed by atoms with Gasteiger partial charge in [-0.1, -0.05) is 42.5 Å². The summed E-state index contributed by atoms with van der Waals surface area (Å²) in [6.45, 7) is 0.216. The lowest BCUT2D eigenvalue weighted by Gasteiger charge is -2.18. The first-order chi connectivity index (χ1) is 15.1. The molecular weight excluding hydrogens is 397 g/mol. The van der Waals surface area contributed by atoms with Gasteiger partial charge in [0.25, 0.3) is 5.91 Å². The number of aromatic nitrogens is 4. The number of hydrogen-bond acceptors (Lipinski definition) is 5. The maximum Gasteiger partial charge on any atom is 0.255 e. The Balaban J connectivity index is 1.54. The van der Waals surface area contributed by atoms with E-state index >= 15 is 0 Å². The predicted octanol–water partition coefficient (Wildman–Crippen LogP) is 3.16. The Morgan fingerprint density at radius 3 is 2.35 bits per heavy atom. The second-order valence-electron chi connectivity index (χ2n) is 6.79. The van der Waals surface area contributed by atoms with E-state index in [0.717, 1.165) is 0 Å². The molecule has 31 heavy (non-hydrogen) atoms. The number of nitrogens with one attached hydrogen (secondary N) is 1. The molecule has 7 nitrogen and oxygen atoms in total. The van der Waals surface area contributed by atoms with Crippen LogP contribution in [0.4, 0.5) is 4.39 Å². The second-order valence-corrected chi connectivity index (χ2v) is 6.79. The van der Waals surface area contributed by atoms with Crippen molar-refractivity contribution in [1.82, 2.24) is 24.8 Å². The molecule has 2 heterocycles. The molecule has 0 aliphatic rings. The van der Waals surface area contributed by atoms with Gasteiger partial charge < -0.3 is 9.88 Å². The van der Waals surface area contributed by atoms with Crippen molar-refractivity contribution in [2.45, 2.75) is 12.6 Å². The van der Waals surface area contributed by atoms with Crippen LogP contribution < -0.4 is 5.32 Å². The lowest BCUT2D eigenvalue weighted by molar-refractivity contribution is 0.0847. The molecular formula is C23H18FN5O2. The first-order valence-corrected chi connectivity index (χ1v) is 9.54. The molecule has 0 fully saturated rings. The van der Waals surface area contributed by atoms with Crippen LogP contribution in [0, 0.1) is 5.82 Å². The molecule has 0 bridgehead atoms. The van der Waals surface area contributed by atoms with Crippen LogP contribution in [-0.4, -0.2) is 37.3 Å². The molecule has 1 unspecified atom stereocenters. The summed E-state index contributed by atoms with van der Waals surface area (Å²) in [6.07, 6.45) is 7.51. The van der Waals surface area contributed by atoms with E-state index < -0.39 is 17.8 Å². The topological polar surface area (TPSA) is 89.8 Å². The molecule has 2 aromatic heterocycles. The minimum atomic E-state index is -0.824. The average molecular weight is 415 g/mol. The summed E-state index contributed by atoms with van der Waals surface area (Å²) in [6, 6.07) is 14.0. The van der Waals surface area contributed by atoms with Gasteiger partial charge in [0.15, 0.2) is 11.6 Å². The molecule has 0 aliphatic carbocycles. The molecule has 2 aromatic carbocycles. The van der Waals surface area contributed by atoms with Crippen LogP contribution in [-0.2, 0) is 6.54 Å². The molecule has 4 rings (SSSR count). The molecule has 1 atom stereocenters. The summed E-state index contributed by atoms with van der Waals surface area (Å²) in [5, 5.41) is 2.75. The number of amides is 1. The summed E-state index contributed by atoms with van der Waals surface area (Å²) in [4.78, 5) is 38.0.